The van der Waals surface area contributed by atoms with Gasteiger partial charge in [0.2, 0.25) is 5.56 Å². The van der Waals surface area contributed by atoms with E-state index in [0.29, 0.717) is 15.8 Å². The number of aromatic nitrogens is 1. The van der Waals surface area contributed by atoms with Gasteiger partial charge in [0.25, 0.3) is 5.91 Å². The van der Waals surface area contributed by atoms with Gasteiger partial charge >= 0.3 is 0 Å². The van der Waals surface area contributed by atoms with Gasteiger partial charge in [0.1, 0.15) is 5.75 Å². The minimum Gasteiger partial charge on any atom is -0.495 e. The molecule has 0 aliphatic carbocycles. The zero-order valence-corrected chi connectivity index (χ0v) is 13.9. The Bertz CT molecular complexity index is 895. The standard InChI is InChI=1S/C17H15N3O3S/c1-10-4-3-5-12(23-2)15(10)19-17-20-16(22)13(24-17)8-11-6-7-14(21)18-9-11/h3-9H,1-2H3,(H,18,21)(H,19,20,22)/b13-8+. The Balaban J connectivity index is 1.81. The molecule has 1 aromatic carbocycles. The minimum atomic E-state index is -0.318. The molecule has 0 fully saturated rings. The summed E-state index contributed by atoms with van der Waals surface area (Å²) in [5.74, 6) is 0.366. The van der Waals surface area contributed by atoms with Crippen LogP contribution < -0.4 is 15.6 Å². The van der Waals surface area contributed by atoms with Crippen LogP contribution in [0.2, 0.25) is 0 Å². The smallest absolute Gasteiger partial charge is 0.286 e. The summed E-state index contributed by atoms with van der Waals surface area (Å²) in [5, 5.41) is 3.64. The third kappa shape index (κ3) is 3.41. The van der Waals surface area contributed by atoms with Crippen molar-refractivity contribution in [3.8, 4) is 5.75 Å². The van der Waals surface area contributed by atoms with Gasteiger partial charge in [-0.15, -0.1) is 0 Å². The fourth-order valence-electron chi connectivity index (χ4n) is 2.20. The molecule has 0 atom stereocenters. The molecule has 0 unspecified atom stereocenters. The van der Waals surface area contributed by atoms with Crippen molar-refractivity contribution in [2.45, 2.75) is 6.92 Å². The number of rotatable bonds is 3. The van der Waals surface area contributed by atoms with Crippen molar-refractivity contribution in [1.29, 1.82) is 0 Å². The number of ether oxygens (including phenoxy) is 1. The van der Waals surface area contributed by atoms with Gasteiger partial charge in [0.05, 0.1) is 17.7 Å². The number of para-hydroxylation sites is 1. The predicted molar refractivity (Wildman–Crippen MR) is 96.4 cm³/mol. The SMILES string of the molecule is COc1cccc(C)c1NC1=NC(=O)/C(=C\c2ccc(=O)[nH]c2)S1. The number of carbonyl (C=O) groups is 1. The Morgan fingerprint density at radius 2 is 2.08 bits per heavy atom. The molecule has 122 valence electrons. The number of thioether (sulfide) groups is 1. The topological polar surface area (TPSA) is 83.5 Å². The van der Waals surface area contributed by atoms with Crippen LogP contribution >= 0.6 is 11.8 Å². The number of aryl methyl sites for hydroxylation is 1. The summed E-state index contributed by atoms with van der Waals surface area (Å²) in [5.41, 5.74) is 2.32. The molecular weight excluding hydrogens is 326 g/mol. The van der Waals surface area contributed by atoms with Crippen LogP contribution in [0.4, 0.5) is 5.69 Å². The highest BCUT2D eigenvalue weighted by Crippen LogP contribution is 2.33. The van der Waals surface area contributed by atoms with E-state index in [1.807, 2.05) is 25.1 Å². The molecular formula is C17H15N3O3S. The first kappa shape index (κ1) is 16.1. The molecule has 0 saturated heterocycles. The third-order valence-corrected chi connectivity index (χ3v) is 4.31. The Morgan fingerprint density at radius 3 is 2.79 bits per heavy atom. The van der Waals surface area contributed by atoms with E-state index in [1.165, 1.54) is 17.8 Å². The van der Waals surface area contributed by atoms with E-state index in [2.05, 4.69) is 15.3 Å². The van der Waals surface area contributed by atoms with Crippen LogP contribution in [0.1, 0.15) is 11.1 Å². The highest BCUT2D eigenvalue weighted by atomic mass is 32.2. The fourth-order valence-corrected chi connectivity index (χ4v) is 3.02. The van der Waals surface area contributed by atoms with Crippen molar-refractivity contribution in [3.05, 3.63) is 62.9 Å². The molecule has 2 N–H and O–H groups in total. The summed E-state index contributed by atoms with van der Waals surface area (Å²) in [4.78, 5) is 30.2. The van der Waals surface area contributed by atoms with Crippen molar-refractivity contribution >= 4 is 34.6 Å². The van der Waals surface area contributed by atoms with Gasteiger partial charge in [-0.05, 0) is 48.0 Å². The van der Waals surface area contributed by atoms with Gasteiger partial charge in [-0.1, -0.05) is 12.1 Å². The molecule has 2 heterocycles. The van der Waals surface area contributed by atoms with Crippen LogP contribution in [0.5, 0.6) is 5.75 Å². The van der Waals surface area contributed by atoms with Crippen molar-refractivity contribution in [2.75, 3.05) is 12.4 Å². The number of aliphatic imine (C=N–C) groups is 1. The predicted octanol–water partition coefficient (Wildman–Crippen LogP) is 2.77. The summed E-state index contributed by atoms with van der Waals surface area (Å²) in [6.45, 7) is 1.95. The first-order chi connectivity index (χ1) is 11.6. The molecule has 2 aromatic rings. The highest BCUT2D eigenvalue weighted by molar-refractivity contribution is 8.18. The van der Waals surface area contributed by atoms with Gasteiger partial charge in [-0.2, -0.15) is 4.99 Å². The van der Waals surface area contributed by atoms with Crippen LogP contribution in [-0.4, -0.2) is 23.2 Å². The van der Waals surface area contributed by atoms with E-state index in [-0.39, 0.29) is 11.5 Å². The number of nitrogens with one attached hydrogen (secondary N) is 2. The van der Waals surface area contributed by atoms with Crippen LogP contribution in [0.15, 0.2) is 51.2 Å². The van der Waals surface area contributed by atoms with E-state index < -0.39 is 0 Å². The van der Waals surface area contributed by atoms with Crippen molar-refractivity contribution < 1.29 is 9.53 Å². The van der Waals surface area contributed by atoms with Gasteiger partial charge in [-0.25, -0.2) is 0 Å². The molecule has 0 bridgehead atoms. The van der Waals surface area contributed by atoms with E-state index in [0.717, 1.165) is 16.8 Å². The van der Waals surface area contributed by atoms with Gasteiger partial charge in [0.15, 0.2) is 5.17 Å². The Hall–Kier alpha value is -2.80. The van der Waals surface area contributed by atoms with Crippen LogP contribution in [0.3, 0.4) is 0 Å². The monoisotopic (exact) mass is 341 g/mol. The summed E-state index contributed by atoms with van der Waals surface area (Å²) in [7, 11) is 1.59. The van der Waals surface area contributed by atoms with E-state index in [1.54, 1.807) is 25.4 Å². The summed E-state index contributed by atoms with van der Waals surface area (Å²) >= 11 is 1.24. The fraction of sp³-hybridized carbons (Fsp3) is 0.118. The number of aromatic amines is 1. The average Bonchev–Trinajstić information content (AvgIpc) is 2.91. The number of carbonyl (C=O) groups excluding carboxylic acids is 1. The lowest BCUT2D eigenvalue weighted by Crippen LogP contribution is -2.07. The largest absolute Gasteiger partial charge is 0.495 e. The Labute approximate surface area is 142 Å². The number of amidine groups is 1. The lowest BCUT2D eigenvalue weighted by molar-refractivity contribution is -0.113. The quantitative estimate of drug-likeness (QED) is 0.839. The number of hydrogen-bond donors (Lipinski definition) is 2. The van der Waals surface area contributed by atoms with Gasteiger partial charge in [-0.3, -0.25) is 9.59 Å². The number of methoxy groups -OCH3 is 1. The molecule has 1 amide bonds. The molecule has 1 aromatic heterocycles. The second-order valence-electron chi connectivity index (χ2n) is 5.10. The van der Waals surface area contributed by atoms with Crippen molar-refractivity contribution in [3.63, 3.8) is 0 Å². The summed E-state index contributed by atoms with van der Waals surface area (Å²) < 4.78 is 5.34. The lowest BCUT2D eigenvalue weighted by atomic mass is 10.2. The van der Waals surface area contributed by atoms with Crippen LogP contribution in [0, 0.1) is 6.92 Å². The molecule has 1 aliphatic heterocycles. The number of amides is 1. The number of hydrogen-bond acceptors (Lipinski definition) is 5. The number of anilines is 1. The second-order valence-corrected chi connectivity index (χ2v) is 6.13. The third-order valence-electron chi connectivity index (χ3n) is 3.41. The maximum Gasteiger partial charge on any atom is 0.286 e. The summed E-state index contributed by atoms with van der Waals surface area (Å²) in [6, 6.07) is 8.75. The number of pyridine rings is 1. The maximum absolute atomic E-state index is 12.1. The molecule has 24 heavy (non-hydrogen) atoms. The maximum atomic E-state index is 12.1. The minimum absolute atomic E-state index is 0.187. The van der Waals surface area contributed by atoms with E-state index >= 15 is 0 Å². The zero-order valence-electron chi connectivity index (χ0n) is 13.1. The average molecular weight is 341 g/mol. The number of H-pyrrole nitrogens is 1. The molecule has 7 heteroatoms. The normalized spacial score (nSPS) is 15.5. The number of nitrogens with zero attached hydrogens (tertiary/aromatic N) is 1. The first-order valence-electron chi connectivity index (χ1n) is 7.19. The lowest BCUT2D eigenvalue weighted by Gasteiger charge is -2.12. The highest BCUT2D eigenvalue weighted by Gasteiger charge is 2.23. The first-order valence-corrected chi connectivity index (χ1v) is 8.00. The van der Waals surface area contributed by atoms with Gasteiger partial charge < -0.3 is 15.0 Å². The van der Waals surface area contributed by atoms with Crippen molar-refractivity contribution in [1.82, 2.24) is 4.98 Å². The van der Waals surface area contributed by atoms with Gasteiger partial charge in [0, 0.05) is 12.3 Å². The summed E-state index contributed by atoms with van der Waals surface area (Å²) in [6.07, 6.45) is 3.25. The Morgan fingerprint density at radius 1 is 1.25 bits per heavy atom. The molecule has 0 saturated carbocycles. The molecule has 3 rings (SSSR count). The molecule has 6 nitrogen and oxygen atoms in total. The van der Waals surface area contributed by atoms with Crippen LogP contribution in [-0.2, 0) is 4.79 Å². The molecule has 0 radical (unpaired) electrons. The Kier molecular flexibility index (Phi) is 4.52. The van der Waals surface area contributed by atoms with E-state index in [9.17, 15) is 9.59 Å². The van der Waals surface area contributed by atoms with E-state index in [4.69, 9.17) is 4.74 Å². The molecule has 1 aliphatic rings. The van der Waals surface area contributed by atoms with Crippen LogP contribution in [0.25, 0.3) is 6.08 Å². The molecule has 0 spiro atoms. The number of benzene rings is 1. The van der Waals surface area contributed by atoms with Crippen molar-refractivity contribution in [2.24, 2.45) is 4.99 Å². The second kappa shape index (κ2) is 6.76. The zero-order chi connectivity index (χ0) is 17.1.